The van der Waals surface area contributed by atoms with Crippen LogP contribution in [0.5, 0.6) is 17.2 Å². The Kier molecular flexibility index (Phi) is 4.49. The number of hydrogen-bond donors (Lipinski definition) is 2. The fourth-order valence-electron chi connectivity index (χ4n) is 1.77. The Balaban J connectivity index is 2.40. The van der Waals surface area contributed by atoms with Gasteiger partial charge in [0.05, 0.1) is 26.8 Å². The van der Waals surface area contributed by atoms with Crippen molar-refractivity contribution in [3.05, 3.63) is 23.3 Å². The van der Waals surface area contributed by atoms with Gasteiger partial charge in [0.2, 0.25) is 5.75 Å². The smallest absolute Gasteiger partial charge is 0.357 e. The van der Waals surface area contributed by atoms with Gasteiger partial charge in [0.25, 0.3) is 0 Å². The SMILES string of the molecule is COc1cc(Nc2scnc2C(=O)O)cc(OC)c1OC. The third-order valence-corrected chi connectivity index (χ3v) is 3.43. The molecule has 0 aliphatic carbocycles. The lowest BCUT2D eigenvalue weighted by Gasteiger charge is -2.14. The van der Waals surface area contributed by atoms with Gasteiger partial charge in [-0.1, -0.05) is 0 Å². The summed E-state index contributed by atoms with van der Waals surface area (Å²) in [7, 11) is 4.53. The van der Waals surface area contributed by atoms with Crippen LogP contribution in [0.3, 0.4) is 0 Å². The second-order valence-electron chi connectivity index (χ2n) is 3.87. The largest absolute Gasteiger partial charge is 0.493 e. The molecule has 0 bridgehead atoms. The molecule has 1 aromatic carbocycles. The number of aromatic nitrogens is 1. The molecule has 0 atom stereocenters. The Morgan fingerprint density at radius 2 is 1.81 bits per heavy atom. The highest BCUT2D eigenvalue weighted by molar-refractivity contribution is 7.14. The van der Waals surface area contributed by atoms with Crippen LogP contribution in [-0.2, 0) is 0 Å². The Bertz CT molecular complexity index is 631. The highest BCUT2D eigenvalue weighted by atomic mass is 32.1. The van der Waals surface area contributed by atoms with Crippen LogP contribution in [-0.4, -0.2) is 37.4 Å². The van der Waals surface area contributed by atoms with Crippen molar-refractivity contribution in [2.45, 2.75) is 0 Å². The maximum atomic E-state index is 11.1. The first-order chi connectivity index (χ1) is 10.1. The van der Waals surface area contributed by atoms with Crippen molar-refractivity contribution >= 4 is 28.0 Å². The Hall–Kier alpha value is -2.48. The summed E-state index contributed by atoms with van der Waals surface area (Å²) in [6, 6.07) is 3.37. The molecule has 0 saturated heterocycles. The number of ether oxygens (including phenoxy) is 3. The summed E-state index contributed by atoms with van der Waals surface area (Å²) >= 11 is 1.19. The van der Waals surface area contributed by atoms with Gasteiger partial charge in [-0.05, 0) is 0 Å². The molecular weight excluding hydrogens is 296 g/mol. The van der Waals surface area contributed by atoms with Crippen molar-refractivity contribution in [3.63, 3.8) is 0 Å². The molecule has 1 heterocycles. The number of rotatable bonds is 6. The van der Waals surface area contributed by atoms with Gasteiger partial charge >= 0.3 is 5.97 Å². The number of thiazole rings is 1. The number of carbonyl (C=O) groups is 1. The first-order valence-corrected chi connectivity index (χ1v) is 6.72. The van der Waals surface area contributed by atoms with Crippen LogP contribution < -0.4 is 19.5 Å². The van der Waals surface area contributed by atoms with Crippen LogP contribution in [0.2, 0.25) is 0 Å². The topological polar surface area (TPSA) is 89.9 Å². The summed E-state index contributed by atoms with van der Waals surface area (Å²) < 4.78 is 15.7. The van der Waals surface area contributed by atoms with Gasteiger partial charge in [0, 0.05) is 17.8 Å². The van der Waals surface area contributed by atoms with Crippen LogP contribution in [0.15, 0.2) is 17.6 Å². The number of nitrogens with one attached hydrogen (secondary N) is 1. The molecule has 8 heteroatoms. The lowest BCUT2D eigenvalue weighted by atomic mass is 10.2. The predicted molar refractivity (Wildman–Crippen MR) is 78.5 cm³/mol. The minimum absolute atomic E-state index is 0.0336. The molecule has 7 nitrogen and oxygen atoms in total. The average Bonchev–Trinajstić information content (AvgIpc) is 2.94. The molecule has 0 fully saturated rings. The van der Waals surface area contributed by atoms with Gasteiger partial charge in [-0.3, -0.25) is 0 Å². The molecule has 2 rings (SSSR count). The summed E-state index contributed by atoms with van der Waals surface area (Å²) in [6.07, 6.45) is 0. The van der Waals surface area contributed by atoms with Gasteiger partial charge in [0.15, 0.2) is 17.2 Å². The van der Waals surface area contributed by atoms with E-state index in [9.17, 15) is 4.79 Å². The summed E-state index contributed by atoms with van der Waals surface area (Å²) in [5, 5.41) is 12.5. The van der Waals surface area contributed by atoms with Crippen molar-refractivity contribution in [1.29, 1.82) is 0 Å². The normalized spacial score (nSPS) is 10.0. The van der Waals surface area contributed by atoms with E-state index in [2.05, 4.69) is 10.3 Å². The van der Waals surface area contributed by atoms with Crippen molar-refractivity contribution in [2.75, 3.05) is 26.6 Å². The molecule has 112 valence electrons. The van der Waals surface area contributed by atoms with Gasteiger partial charge in [0.1, 0.15) is 5.00 Å². The van der Waals surface area contributed by atoms with Crippen LogP contribution in [0.25, 0.3) is 0 Å². The highest BCUT2D eigenvalue weighted by Gasteiger charge is 2.17. The van der Waals surface area contributed by atoms with Gasteiger partial charge < -0.3 is 24.6 Å². The molecule has 0 aliphatic rings. The fourth-order valence-corrected chi connectivity index (χ4v) is 2.46. The van der Waals surface area contributed by atoms with Crippen molar-refractivity contribution in [2.24, 2.45) is 0 Å². The summed E-state index contributed by atoms with van der Waals surface area (Å²) in [5.41, 5.74) is 2.04. The molecule has 0 amide bonds. The van der Waals surface area contributed by atoms with Crippen LogP contribution in [0.1, 0.15) is 10.5 Å². The number of nitrogens with zero attached hydrogens (tertiary/aromatic N) is 1. The zero-order valence-electron chi connectivity index (χ0n) is 11.7. The zero-order valence-corrected chi connectivity index (χ0v) is 12.5. The van der Waals surface area contributed by atoms with Gasteiger partial charge in [-0.15, -0.1) is 11.3 Å². The molecule has 21 heavy (non-hydrogen) atoms. The van der Waals surface area contributed by atoms with Crippen LogP contribution >= 0.6 is 11.3 Å². The monoisotopic (exact) mass is 310 g/mol. The number of carboxylic acids is 1. The van der Waals surface area contributed by atoms with E-state index in [0.717, 1.165) is 0 Å². The number of carboxylic acid groups (broad SMARTS) is 1. The molecule has 2 N–H and O–H groups in total. The maximum absolute atomic E-state index is 11.1. The third-order valence-electron chi connectivity index (χ3n) is 2.69. The summed E-state index contributed by atoms with van der Waals surface area (Å²) in [6.45, 7) is 0. The van der Waals surface area contributed by atoms with E-state index < -0.39 is 5.97 Å². The summed E-state index contributed by atoms with van der Waals surface area (Å²) in [5.74, 6) is 0.320. The lowest BCUT2D eigenvalue weighted by molar-refractivity contribution is 0.0692. The van der Waals surface area contributed by atoms with E-state index in [4.69, 9.17) is 19.3 Å². The Morgan fingerprint density at radius 3 is 2.29 bits per heavy atom. The van der Waals surface area contributed by atoms with E-state index in [1.165, 1.54) is 38.2 Å². The molecular formula is C13H14N2O5S. The van der Waals surface area contributed by atoms with E-state index in [1.54, 1.807) is 12.1 Å². The van der Waals surface area contributed by atoms with Gasteiger partial charge in [-0.25, -0.2) is 9.78 Å². The number of methoxy groups -OCH3 is 3. The van der Waals surface area contributed by atoms with E-state index in [-0.39, 0.29) is 5.69 Å². The van der Waals surface area contributed by atoms with Crippen molar-refractivity contribution in [3.8, 4) is 17.2 Å². The number of hydrogen-bond acceptors (Lipinski definition) is 7. The molecule has 2 aromatic rings. The third kappa shape index (κ3) is 3.00. The van der Waals surface area contributed by atoms with E-state index in [0.29, 0.717) is 27.9 Å². The Morgan fingerprint density at radius 1 is 1.19 bits per heavy atom. The zero-order chi connectivity index (χ0) is 15.4. The molecule has 0 unspecified atom stereocenters. The molecule has 0 aliphatic heterocycles. The van der Waals surface area contributed by atoms with E-state index in [1.807, 2.05) is 0 Å². The molecule has 1 aromatic heterocycles. The number of aromatic carboxylic acids is 1. The lowest BCUT2D eigenvalue weighted by Crippen LogP contribution is -2.02. The molecule has 0 saturated carbocycles. The Labute approximate surface area is 125 Å². The fraction of sp³-hybridized carbons (Fsp3) is 0.231. The van der Waals surface area contributed by atoms with Crippen LogP contribution in [0.4, 0.5) is 10.7 Å². The van der Waals surface area contributed by atoms with Gasteiger partial charge in [-0.2, -0.15) is 0 Å². The molecule has 0 spiro atoms. The first-order valence-electron chi connectivity index (χ1n) is 5.84. The highest BCUT2D eigenvalue weighted by Crippen LogP contribution is 2.41. The maximum Gasteiger partial charge on any atom is 0.357 e. The quantitative estimate of drug-likeness (QED) is 0.847. The minimum Gasteiger partial charge on any atom is -0.493 e. The first kappa shape index (κ1) is 14.9. The standard InChI is InChI=1S/C13H14N2O5S/c1-18-8-4-7(5-9(19-2)11(8)20-3)15-12-10(13(16)17)14-6-21-12/h4-6,15H,1-3H3,(H,16,17). The minimum atomic E-state index is -1.09. The molecule has 0 radical (unpaired) electrons. The van der Waals surface area contributed by atoms with E-state index >= 15 is 0 Å². The second kappa shape index (κ2) is 6.31. The average molecular weight is 310 g/mol. The number of anilines is 2. The number of benzene rings is 1. The van der Waals surface area contributed by atoms with Crippen LogP contribution in [0, 0.1) is 0 Å². The van der Waals surface area contributed by atoms with Crippen molar-refractivity contribution in [1.82, 2.24) is 4.98 Å². The second-order valence-corrected chi connectivity index (χ2v) is 4.73. The van der Waals surface area contributed by atoms with Crippen molar-refractivity contribution < 1.29 is 24.1 Å². The summed E-state index contributed by atoms with van der Waals surface area (Å²) in [4.78, 5) is 14.9. The predicted octanol–water partition coefficient (Wildman–Crippen LogP) is 2.61.